The molecule has 0 atom stereocenters. The first kappa shape index (κ1) is 15.5. The first-order chi connectivity index (χ1) is 11.6. The van der Waals surface area contributed by atoms with Crippen molar-refractivity contribution in [3.05, 3.63) is 39.2 Å². The molecule has 0 bridgehead atoms. The quantitative estimate of drug-likeness (QED) is 0.585. The van der Waals surface area contributed by atoms with E-state index in [9.17, 15) is 4.79 Å². The summed E-state index contributed by atoms with van der Waals surface area (Å²) in [4.78, 5) is 21.4. The van der Waals surface area contributed by atoms with Crippen molar-refractivity contribution in [2.45, 2.75) is 32.3 Å². The van der Waals surface area contributed by atoms with Gasteiger partial charge in [0.15, 0.2) is 18.2 Å². The van der Waals surface area contributed by atoms with Gasteiger partial charge in [0.05, 0.1) is 4.88 Å². The van der Waals surface area contributed by atoms with Crippen LogP contribution in [0.3, 0.4) is 0 Å². The Morgan fingerprint density at radius 1 is 1.46 bits per heavy atom. The van der Waals surface area contributed by atoms with Crippen molar-refractivity contribution in [2.24, 2.45) is 0 Å². The van der Waals surface area contributed by atoms with Crippen LogP contribution in [0.15, 0.2) is 24.9 Å². The van der Waals surface area contributed by atoms with Crippen molar-refractivity contribution in [3.63, 3.8) is 0 Å². The Labute approximate surface area is 149 Å². The van der Waals surface area contributed by atoms with Crippen molar-refractivity contribution in [2.75, 3.05) is 0 Å². The number of carbonyl (C=O) groups excluding carboxylic acids is 1. The molecule has 0 spiro atoms. The summed E-state index contributed by atoms with van der Waals surface area (Å²) in [5, 5.41) is 5.81. The van der Waals surface area contributed by atoms with Crippen LogP contribution in [-0.2, 0) is 11.3 Å². The molecule has 4 rings (SSSR count). The maximum Gasteiger partial charge on any atom is 0.361 e. The van der Waals surface area contributed by atoms with Crippen LogP contribution in [0.1, 0.15) is 46.8 Å². The number of hydrogen-bond acceptors (Lipinski definition) is 8. The largest absolute Gasteiger partial charge is 0.451 e. The van der Waals surface area contributed by atoms with Gasteiger partial charge in [0, 0.05) is 15.8 Å². The van der Waals surface area contributed by atoms with Crippen LogP contribution in [0.4, 0.5) is 0 Å². The fourth-order valence-corrected chi connectivity index (χ4v) is 3.50. The molecule has 0 radical (unpaired) electrons. The lowest BCUT2D eigenvalue weighted by Gasteiger charge is -1.98. The van der Waals surface area contributed by atoms with Crippen LogP contribution in [0, 0.1) is 6.92 Å². The van der Waals surface area contributed by atoms with Crippen molar-refractivity contribution < 1.29 is 18.5 Å². The number of thiophene rings is 1. The number of rotatable bonds is 5. The third-order valence-electron chi connectivity index (χ3n) is 3.52. The molecule has 3 aromatic heterocycles. The summed E-state index contributed by atoms with van der Waals surface area (Å²) in [7, 11) is 0. The summed E-state index contributed by atoms with van der Waals surface area (Å²) in [6.45, 7) is 1.60. The molecule has 1 saturated carbocycles. The van der Waals surface area contributed by atoms with Gasteiger partial charge in [0.1, 0.15) is 5.76 Å². The Morgan fingerprint density at radius 3 is 3.00 bits per heavy atom. The fraction of sp³-hybridized carbons (Fsp3) is 0.333. The third kappa shape index (κ3) is 3.13. The summed E-state index contributed by atoms with van der Waals surface area (Å²) >= 11 is 4.86. The molecule has 0 unspecified atom stereocenters. The fourth-order valence-electron chi connectivity index (χ4n) is 2.15. The van der Waals surface area contributed by atoms with E-state index in [0.717, 1.165) is 22.2 Å². The topological polar surface area (TPSA) is 91.2 Å². The minimum atomic E-state index is -0.554. The lowest BCUT2D eigenvalue weighted by molar-refractivity contribution is 0.0421. The maximum atomic E-state index is 12.1. The molecule has 3 heterocycles. The van der Waals surface area contributed by atoms with E-state index in [4.69, 9.17) is 13.7 Å². The predicted molar refractivity (Wildman–Crippen MR) is 87.6 cm³/mol. The Bertz CT molecular complexity index is 896. The Hall–Kier alpha value is -2.00. The zero-order chi connectivity index (χ0) is 16.7. The number of hydrogen-bond donors (Lipinski definition) is 0. The van der Waals surface area contributed by atoms with E-state index < -0.39 is 5.97 Å². The molecule has 0 aromatic carbocycles. The predicted octanol–water partition coefficient (Wildman–Crippen LogP) is 4.09. The number of nitrogens with zero attached hydrogens (tertiary/aromatic N) is 3. The van der Waals surface area contributed by atoms with E-state index in [2.05, 4.69) is 31.1 Å². The van der Waals surface area contributed by atoms with Gasteiger partial charge in [-0.15, -0.1) is 11.3 Å². The molecule has 124 valence electrons. The maximum absolute atomic E-state index is 12.1. The van der Waals surface area contributed by atoms with Gasteiger partial charge in [-0.1, -0.05) is 5.16 Å². The zero-order valence-corrected chi connectivity index (χ0v) is 15.0. The van der Waals surface area contributed by atoms with Crippen LogP contribution >= 0.6 is 27.3 Å². The molecular weight excluding hydrogens is 398 g/mol. The summed E-state index contributed by atoms with van der Waals surface area (Å²) < 4.78 is 16.8. The van der Waals surface area contributed by atoms with Crippen molar-refractivity contribution in [3.8, 4) is 10.7 Å². The first-order valence-corrected chi connectivity index (χ1v) is 8.99. The van der Waals surface area contributed by atoms with Gasteiger partial charge in [-0.05, 0) is 41.8 Å². The summed E-state index contributed by atoms with van der Waals surface area (Å²) in [6.07, 6.45) is 2.11. The molecule has 9 heteroatoms. The first-order valence-electron chi connectivity index (χ1n) is 7.31. The standard InChI is InChI=1S/C15H12BrN3O4S/c1-7-12(18-14(22-7)8-2-3-8)15(20)21-5-11-17-13(19-23-11)10-4-9(16)6-24-10/h4,6,8H,2-3,5H2,1H3. The molecule has 1 aliphatic rings. The molecule has 7 nitrogen and oxygen atoms in total. The zero-order valence-electron chi connectivity index (χ0n) is 12.6. The van der Waals surface area contributed by atoms with Gasteiger partial charge in [0.25, 0.3) is 5.89 Å². The molecule has 24 heavy (non-hydrogen) atoms. The van der Waals surface area contributed by atoms with Gasteiger partial charge in [0.2, 0.25) is 5.82 Å². The van der Waals surface area contributed by atoms with Gasteiger partial charge >= 0.3 is 5.97 Å². The Balaban J connectivity index is 1.41. The minimum absolute atomic E-state index is 0.108. The highest BCUT2D eigenvalue weighted by Crippen LogP contribution is 2.40. The van der Waals surface area contributed by atoms with E-state index in [-0.39, 0.29) is 18.2 Å². The Morgan fingerprint density at radius 2 is 2.29 bits per heavy atom. The second-order valence-corrected chi connectivity index (χ2v) is 7.28. The van der Waals surface area contributed by atoms with E-state index >= 15 is 0 Å². The normalized spacial score (nSPS) is 14.1. The SMILES string of the molecule is Cc1oc(C2CC2)nc1C(=O)OCc1nc(-c2cc(Br)cs2)no1. The van der Waals surface area contributed by atoms with E-state index in [0.29, 0.717) is 23.4 Å². The number of oxazole rings is 1. The van der Waals surface area contributed by atoms with Crippen molar-refractivity contribution in [1.82, 2.24) is 15.1 Å². The highest BCUT2D eigenvalue weighted by Gasteiger charge is 2.31. The van der Waals surface area contributed by atoms with Gasteiger partial charge in [-0.3, -0.25) is 0 Å². The molecule has 1 aliphatic carbocycles. The molecule has 0 saturated heterocycles. The highest BCUT2D eigenvalue weighted by atomic mass is 79.9. The van der Waals surface area contributed by atoms with Crippen LogP contribution in [0.5, 0.6) is 0 Å². The molecule has 3 aromatic rings. The average Bonchev–Trinajstić information content (AvgIpc) is 2.96. The molecule has 0 amide bonds. The van der Waals surface area contributed by atoms with E-state index in [1.807, 2.05) is 11.4 Å². The monoisotopic (exact) mass is 409 g/mol. The number of esters is 1. The minimum Gasteiger partial charge on any atom is -0.451 e. The second kappa shape index (κ2) is 6.14. The third-order valence-corrected chi connectivity index (χ3v) is 5.20. The molecule has 0 N–H and O–H groups in total. The number of carbonyl (C=O) groups is 1. The summed E-state index contributed by atoms with van der Waals surface area (Å²) in [5.74, 6) is 1.56. The molecular formula is C15H12BrN3O4S. The van der Waals surface area contributed by atoms with Gasteiger partial charge < -0.3 is 13.7 Å². The number of halogens is 1. The molecule has 0 aliphatic heterocycles. The van der Waals surface area contributed by atoms with Crippen LogP contribution in [-0.4, -0.2) is 21.1 Å². The van der Waals surface area contributed by atoms with Crippen LogP contribution in [0.2, 0.25) is 0 Å². The lowest BCUT2D eigenvalue weighted by Crippen LogP contribution is -2.07. The van der Waals surface area contributed by atoms with Crippen LogP contribution < -0.4 is 0 Å². The van der Waals surface area contributed by atoms with Crippen LogP contribution in [0.25, 0.3) is 10.7 Å². The van der Waals surface area contributed by atoms with Gasteiger partial charge in [-0.2, -0.15) is 4.98 Å². The van der Waals surface area contributed by atoms with E-state index in [1.54, 1.807) is 6.92 Å². The highest BCUT2D eigenvalue weighted by molar-refractivity contribution is 9.10. The van der Waals surface area contributed by atoms with Crippen molar-refractivity contribution in [1.29, 1.82) is 0 Å². The smallest absolute Gasteiger partial charge is 0.361 e. The average molecular weight is 410 g/mol. The lowest BCUT2D eigenvalue weighted by atomic mass is 10.4. The summed E-state index contributed by atoms with van der Waals surface area (Å²) in [6, 6.07) is 1.89. The van der Waals surface area contributed by atoms with E-state index in [1.165, 1.54) is 11.3 Å². The molecule has 1 fully saturated rings. The van der Waals surface area contributed by atoms with Gasteiger partial charge in [-0.25, -0.2) is 9.78 Å². The number of aromatic nitrogens is 3. The number of aryl methyl sites for hydroxylation is 1. The Kier molecular flexibility index (Phi) is 3.97. The van der Waals surface area contributed by atoms with Crippen molar-refractivity contribution >= 4 is 33.2 Å². The summed E-state index contributed by atoms with van der Waals surface area (Å²) in [5.41, 5.74) is 0.207. The second-order valence-electron chi connectivity index (χ2n) is 5.45. The number of ether oxygens (including phenoxy) is 1.